The van der Waals surface area contributed by atoms with Crippen LogP contribution in [-0.4, -0.2) is 26.7 Å². The van der Waals surface area contributed by atoms with Gasteiger partial charge in [0.1, 0.15) is 0 Å². The van der Waals surface area contributed by atoms with Crippen molar-refractivity contribution in [3.05, 3.63) is 18.2 Å². The molecule has 116 valence electrons. The molecule has 0 bridgehead atoms. The van der Waals surface area contributed by atoms with Gasteiger partial charge < -0.3 is 20.5 Å². The topological polar surface area (TPSA) is 68.9 Å². The lowest BCUT2D eigenvalue weighted by atomic mass is 10.0. The van der Waals surface area contributed by atoms with Crippen molar-refractivity contribution in [1.82, 2.24) is 0 Å². The summed E-state index contributed by atoms with van der Waals surface area (Å²) in [6.45, 7) is 3.03. The highest BCUT2D eigenvalue weighted by molar-refractivity contribution is 5.92. The van der Waals surface area contributed by atoms with Crippen molar-refractivity contribution >= 4 is 11.6 Å². The first-order valence-electron chi connectivity index (χ1n) is 7.41. The number of methoxy groups -OCH3 is 2. The lowest BCUT2D eigenvalue weighted by Gasteiger charge is -2.13. The number of nitrogens with one attached hydrogen (secondary N) is 1. The summed E-state index contributed by atoms with van der Waals surface area (Å²) in [6.07, 6.45) is 4.99. The summed E-state index contributed by atoms with van der Waals surface area (Å²) in [6, 6.07) is 5.58. The maximum atomic E-state index is 5.97. The van der Waals surface area contributed by atoms with Crippen LogP contribution in [-0.2, 0) is 0 Å². The van der Waals surface area contributed by atoms with Crippen LogP contribution in [0.3, 0.4) is 0 Å². The van der Waals surface area contributed by atoms with Gasteiger partial charge in [0, 0.05) is 18.3 Å². The van der Waals surface area contributed by atoms with E-state index in [1.807, 2.05) is 18.2 Å². The molecule has 1 aromatic carbocycles. The second kappa shape index (κ2) is 6.70. The molecule has 21 heavy (non-hydrogen) atoms. The molecule has 0 saturated heterocycles. The van der Waals surface area contributed by atoms with Gasteiger partial charge >= 0.3 is 0 Å². The first kappa shape index (κ1) is 15.5. The molecule has 0 spiro atoms. The Labute approximate surface area is 126 Å². The molecule has 0 amide bonds. The largest absolute Gasteiger partial charge is 0.493 e. The predicted octanol–water partition coefficient (Wildman–Crippen LogP) is 3.01. The van der Waals surface area contributed by atoms with Crippen LogP contribution in [0.1, 0.15) is 32.6 Å². The van der Waals surface area contributed by atoms with Gasteiger partial charge in [-0.25, -0.2) is 0 Å². The number of ether oxygens (including phenoxy) is 2. The Hall–Kier alpha value is -1.91. The average molecular weight is 291 g/mol. The molecule has 0 unspecified atom stereocenters. The standard InChI is InChI=1S/C16H25N3O2/c1-4-7-16(8-9-16)11-18-15(17)19-12-5-6-13(20-2)14(10-12)21-3/h5-6,10H,4,7-9,11H2,1-3H3,(H3,17,18,19). The Bertz CT molecular complexity index is 510. The quantitative estimate of drug-likeness (QED) is 0.598. The molecule has 0 heterocycles. The highest BCUT2D eigenvalue weighted by atomic mass is 16.5. The van der Waals surface area contributed by atoms with Gasteiger partial charge in [0.15, 0.2) is 17.5 Å². The van der Waals surface area contributed by atoms with E-state index in [0.29, 0.717) is 22.9 Å². The molecule has 1 aliphatic rings. The van der Waals surface area contributed by atoms with Crippen molar-refractivity contribution in [2.75, 3.05) is 26.1 Å². The van der Waals surface area contributed by atoms with Crippen LogP contribution in [0, 0.1) is 5.41 Å². The third-order valence-corrected chi connectivity index (χ3v) is 3.98. The van der Waals surface area contributed by atoms with Gasteiger partial charge in [-0.05, 0) is 36.8 Å². The second-order valence-corrected chi connectivity index (χ2v) is 5.65. The molecule has 1 aliphatic carbocycles. The normalized spacial score (nSPS) is 16.4. The monoisotopic (exact) mass is 291 g/mol. The lowest BCUT2D eigenvalue weighted by molar-refractivity contribution is 0.355. The maximum Gasteiger partial charge on any atom is 0.193 e. The molecule has 0 aromatic heterocycles. The van der Waals surface area contributed by atoms with Crippen LogP contribution in [0.4, 0.5) is 5.69 Å². The highest BCUT2D eigenvalue weighted by Gasteiger charge is 2.41. The summed E-state index contributed by atoms with van der Waals surface area (Å²) in [5.74, 6) is 1.81. The summed E-state index contributed by atoms with van der Waals surface area (Å²) < 4.78 is 10.5. The summed E-state index contributed by atoms with van der Waals surface area (Å²) in [7, 11) is 3.23. The van der Waals surface area contributed by atoms with E-state index in [1.54, 1.807) is 14.2 Å². The number of guanidine groups is 1. The fourth-order valence-electron chi connectivity index (χ4n) is 2.55. The van der Waals surface area contributed by atoms with E-state index in [2.05, 4.69) is 17.2 Å². The minimum absolute atomic E-state index is 0.415. The number of nitrogens with zero attached hydrogens (tertiary/aromatic N) is 1. The lowest BCUT2D eigenvalue weighted by Crippen LogP contribution is -2.24. The fourth-order valence-corrected chi connectivity index (χ4v) is 2.55. The van der Waals surface area contributed by atoms with Gasteiger partial charge in [-0.15, -0.1) is 0 Å². The molecule has 5 nitrogen and oxygen atoms in total. The van der Waals surface area contributed by atoms with Crippen molar-refractivity contribution in [2.45, 2.75) is 32.6 Å². The summed E-state index contributed by atoms with van der Waals surface area (Å²) >= 11 is 0. The average Bonchev–Trinajstić information content (AvgIpc) is 3.25. The van der Waals surface area contributed by atoms with Crippen LogP contribution in [0.5, 0.6) is 11.5 Å². The van der Waals surface area contributed by atoms with Crippen LogP contribution >= 0.6 is 0 Å². The summed E-state index contributed by atoms with van der Waals surface area (Å²) in [4.78, 5) is 4.48. The predicted molar refractivity (Wildman–Crippen MR) is 86.2 cm³/mol. The number of benzene rings is 1. The third kappa shape index (κ3) is 4.03. The Morgan fingerprint density at radius 1 is 1.29 bits per heavy atom. The molecule has 2 rings (SSSR count). The second-order valence-electron chi connectivity index (χ2n) is 5.65. The molecule has 0 aliphatic heterocycles. The summed E-state index contributed by atoms with van der Waals surface area (Å²) in [5, 5.41) is 3.10. The number of nitrogens with two attached hydrogens (primary N) is 1. The van der Waals surface area contributed by atoms with Crippen LogP contribution in [0.15, 0.2) is 23.2 Å². The molecule has 0 radical (unpaired) electrons. The van der Waals surface area contributed by atoms with Gasteiger partial charge in [0.05, 0.1) is 14.2 Å². The van der Waals surface area contributed by atoms with Crippen LogP contribution in [0.25, 0.3) is 0 Å². The van der Waals surface area contributed by atoms with Crippen LogP contribution in [0.2, 0.25) is 0 Å². The van der Waals surface area contributed by atoms with E-state index in [0.717, 1.165) is 12.2 Å². The van der Waals surface area contributed by atoms with Crippen molar-refractivity contribution < 1.29 is 9.47 Å². The Balaban J connectivity index is 1.97. The van der Waals surface area contributed by atoms with E-state index in [1.165, 1.54) is 25.7 Å². The van der Waals surface area contributed by atoms with Gasteiger partial charge in [0.25, 0.3) is 0 Å². The Kier molecular flexibility index (Phi) is 4.94. The minimum Gasteiger partial charge on any atom is -0.493 e. The zero-order chi connectivity index (χ0) is 15.3. The Morgan fingerprint density at radius 3 is 2.57 bits per heavy atom. The minimum atomic E-state index is 0.415. The van der Waals surface area contributed by atoms with Gasteiger partial charge in [-0.2, -0.15) is 0 Å². The molecule has 1 fully saturated rings. The van der Waals surface area contributed by atoms with Gasteiger partial charge in [-0.3, -0.25) is 4.99 Å². The van der Waals surface area contributed by atoms with Crippen LogP contribution < -0.4 is 20.5 Å². The smallest absolute Gasteiger partial charge is 0.193 e. The zero-order valence-corrected chi connectivity index (χ0v) is 13.1. The first-order valence-corrected chi connectivity index (χ1v) is 7.41. The van der Waals surface area contributed by atoms with Crippen molar-refractivity contribution in [1.29, 1.82) is 0 Å². The van der Waals surface area contributed by atoms with E-state index in [-0.39, 0.29) is 0 Å². The number of aliphatic imine (C=N–C) groups is 1. The Morgan fingerprint density at radius 2 is 2.00 bits per heavy atom. The number of hydrogen-bond donors (Lipinski definition) is 2. The summed E-state index contributed by atoms with van der Waals surface area (Å²) in [5.41, 5.74) is 7.22. The number of rotatable bonds is 7. The number of hydrogen-bond acceptors (Lipinski definition) is 3. The van der Waals surface area contributed by atoms with E-state index < -0.39 is 0 Å². The van der Waals surface area contributed by atoms with Gasteiger partial charge in [-0.1, -0.05) is 13.3 Å². The third-order valence-electron chi connectivity index (χ3n) is 3.98. The zero-order valence-electron chi connectivity index (χ0n) is 13.1. The number of anilines is 1. The van der Waals surface area contributed by atoms with E-state index in [9.17, 15) is 0 Å². The van der Waals surface area contributed by atoms with Crippen molar-refractivity contribution in [2.24, 2.45) is 16.1 Å². The molecule has 3 N–H and O–H groups in total. The molecular formula is C16H25N3O2. The van der Waals surface area contributed by atoms with E-state index >= 15 is 0 Å². The molecule has 1 saturated carbocycles. The first-order chi connectivity index (χ1) is 10.1. The molecule has 5 heteroatoms. The van der Waals surface area contributed by atoms with Gasteiger partial charge in [0.2, 0.25) is 0 Å². The highest BCUT2D eigenvalue weighted by Crippen LogP contribution is 2.49. The molecule has 1 aromatic rings. The molecular weight excluding hydrogens is 266 g/mol. The molecule has 0 atom stereocenters. The van der Waals surface area contributed by atoms with Crippen molar-refractivity contribution in [3.63, 3.8) is 0 Å². The van der Waals surface area contributed by atoms with Crippen molar-refractivity contribution in [3.8, 4) is 11.5 Å². The van der Waals surface area contributed by atoms with E-state index in [4.69, 9.17) is 15.2 Å². The maximum absolute atomic E-state index is 5.97. The fraction of sp³-hybridized carbons (Fsp3) is 0.562. The SMILES string of the molecule is CCCC1(CN=C(N)Nc2ccc(OC)c(OC)c2)CC1.